The number of halogens is 2. The molecule has 200 valence electrons. The number of aliphatic carboxylic acids is 1. The molecule has 3 unspecified atom stereocenters. The Bertz CT molecular complexity index is 1250. The fourth-order valence-corrected chi connectivity index (χ4v) is 5.63. The number of carboxylic acids is 1. The Hall–Kier alpha value is -1.92. The zero-order valence-electron chi connectivity index (χ0n) is 21.9. The van der Waals surface area contributed by atoms with Crippen molar-refractivity contribution in [2.45, 2.75) is 62.7 Å². The molecule has 3 aromatic rings. The van der Waals surface area contributed by atoms with Crippen LogP contribution in [-0.4, -0.2) is 44.2 Å². The Labute approximate surface area is 245 Å². The van der Waals surface area contributed by atoms with E-state index in [1.165, 1.54) is 24.3 Å². The number of nitrogens with one attached hydrogen (secondary N) is 1. The standard InChI is InChI=1S/C27H32F2N2O5S.Na/c1-16(2)25-27(37(36)30-3)24(17-4-8-19(28)9-5-17)26(18-6-10-20(29)11-7-18)31(25)13-12-21(32)14-22(33)15-23(34)35;/h4-11,16,21-22,30,32-33H,12-15H2,1-3H3,(H,34,35);/q;+1/p-1. The van der Waals surface area contributed by atoms with Gasteiger partial charge in [-0.1, -0.05) is 26.0 Å². The average molecular weight is 557 g/mol. The second kappa shape index (κ2) is 14.5. The minimum atomic E-state index is -1.65. The number of rotatable bonds is 12. The SMILES string of the molecule is CNS(=O)c1c(-c2ccc(F)cc2)c(-c2ccc(F)cc2)n(CCC(O)CC(O)CC(=O)[O-])c1C(C)C.[Na+]. The molecule has 0 fully saturated rings. The normalized spacial score (nSPS) is 13.7. The van der Waals surface area contributed by atoms with E-state index in [2.05, 4.69) is 4.72 Å². The van der Waals surface area contributed by atoms with Crippen LogP contribution in [0.3, 0.4) is 0 Å². The molecule has 0 saturated heterocycles. The monoisotopic (exact) mass is 556 g/mol. The first-order valence-corrected chi connectivity index (χ1v) is 13.1. The summed E-state index contributed by atoms with van der Waals surface area (Å²) in [6, 6.07) is 11.6. The Kier molecular flexibility index (Phi) is 12.3. The summed E-state index contributed by atoms with van der Waals surface area (Å²) >= 11 is 0. The van der Waals surface area contributed by atoms with E-state index in [1.54, 1.807) is 31.3 Å². The number of hydrogen-bond acceptors (Lipinski definition) is 5. The minimum absolute atomic E-state index is 0. The molecule has 7 nitrogen and oxygen atoms in total. The summed E-state index contributed by atoms with van der Waals surface area (Å²) in [4.78, 5) is 11.3. The van der Waals surface area contributed by atoms with Crippen LogP contribution in [0.15, 0.2) is 53.4 Å². The summed E-state index contributed by atoms with van der Waals surface area (Å²) in [5.41, 5.74) is 3.18. The summed E-state index contributed by atoms with van der Waals surface area (Å²) in [6.45, 7) is 4.10. The summed E-state index contributed by atoms with van der Waals surface area (Å²) in [7, 11) is -0.0895. The van der Waals surface area contributed by atoms with Gasteiger partial charge in [0.2, 0.25) is 0 Å². The number of nitrogens with zero attached hydrogens (tertiary/aromatic N) is 1. The maximum atomic E-state index is 13.8. The van der Waals surface area contributed by atoms with Crippen molar-refractivity contribution in [2.24, 2.45) is 0 Å². The second-order valence-corrected chi connectivity index (χ2v) is 10.5. The Morgan fingerprint density at radius 3 is 2.00 bits per heavy atom. The number of carbonyl (C=O) groups excluding carboxylic acids is 1. The zero-order chi connectivity index (χ0) is 27.3. The van der Waals surface area contributed by atoms with E-state index < -0.39 is 47.2 Å². The van der Waals surface area contributed by atoms with Gasteiger partial charge >= 0.3 is 29.6 Å². The van der Waals surface area contributed by atoms with Crippen LogP contribution in [0.4, 0.5) is 8.78 Å². The molecule has 0 aliphatic carbocycles. The predicted octanol–water partition coefficient (Wildman–Crippen LogP) is 0.112. The first kappa shape index (κ1) is 32.3. The molecule has 2 aromatic carbocycles. The van der Waals surface area contributed by atoms with Crippen molar-refractivity contribution in [1.82, 2.24) is 9.29 Å². The number of aliphatic hydroxyl groups is 2. The van der Waals surface area contributed by atoms with Crippen molar-refractivity contribution < 1.29 is 62.7 Å². The van der Waals surface area contributed by atoms with Crippen molar-refractivity contribution in [3.8, 4) is 22.4 Å². The fraction of sp³-hybridized carbons (Fsp3) is 0.370. The molecule has 0 bridgehead atoms. The zero-order valence-corrected chi connectivity index (χ0v) is 24.7. The average Bonchev–Trinajstić information content (AvgIpc) is 3.18. The number of carbonyl (C=O) groups is 1. The minimum Gasteiger partial charge on any atom is -0.550 e. The molecule has 1 heterocycles. The maximum absolute atomic E-state index is 13.8. The molecule has 38 heavy (non-hydrogen) atoms. The van der Waals surface area contributed by atoms with Gasteiger partial charge in [0.1, 0.15) is 22.6 Å². The smallest absolute Gasteiger partial charge is 0.550 e. The third kappa shape index (κ3) is 7.81. The summed E-state index contributed by atoms with van der Waals surface area (Å²) in [6.07, 6.45) is -2.86. The van der Waals surface area contributed by atoms with Gasteiger partial charge in [0.15, 0.2) is 0 Å². The maximum Gasteiger partial charge on any atom is 1.00 e. The van der Waals surface area contributed by atoms with Crippen LogP contribution in [0.1, 0.15) is 44.7 Å². The van der Waals surface area contributed by atoms with E-state index in [9.17, 15) is 33.1 Å². The van der Waals surface area contributed by atoms with Gasteiger partial charge in [-0.25, -0.2) is 17.7 Å². The Morgan fingerprint density at radius 1 is 1.00 bits per heavy atom. The molecule has 11 heteroatoms. The molecule has 0 aliphatic heterocycles. The third-order valence-corrected chi connectivity index (χ3v) is 7.21. The molecule has 3 N–H and O–H groups in total. The van der Waals surface area contributed by atoms with Crippen LogP contribution in [0.5, 0.6) is 0 Å². The van der Waals surface area contributed by atoms with Crippen molar-refractivity contribution in [2.75, 3.05) is 7.05 Å². The topological polar surface area (TPSA) is 115 Å². The summed E-state index contributed by atoms with van der Waals surface area (Å²) in [5.74, 6) is -2.38. The first-order valence-electron chi connectivity index (χ1n) is 12.0. The molecule has 3 rings (SSSR count). The third-order valence-electron chi connectivity index (χ3n) is 6.06. The Balaban J connectivity index is 0.00000507. The number of hydrogen-bond donors (Lipinski definition) is 3. The van der Waals surface area contributed by atoms with Gasteiger partial charge in [-0.15, -0.1) is 0 Å². The van der Waals surface area contributed by atoms with E-state index in [1.807, 2.05) is 18.4 Å². The van der Waals surface area contributed by atoms with Crippen LogP contribution >= 0.6 is 0 Å². The van der Waals surface area contributed by atoms with Gasteiger partial charge in [-0.2, -0.15) is 0 Å². The van der Waals surface area contributed by atoms with E-state index in [4.69, 9.17) is 0 Å². The quantitative estimate of drug-likeness (QED) is 0.274. The number of aromatic nitrogens is 1. The van der Waals surface area contributed by atoms with Gasteiger partial charge in [0, 0.05) is 30.2 Å². The molecule has 1 aromatic heterocycles. The van der Waals surface area contributed by atoms with E-state index in [0.29, 0.717) is 33.0 Å². The van der Waals surface area contributed by atoms with E-state index in [0.717, 1.165) is 0 Å². The number of benzene rings is 2. The fourth-order valence-electron chi connectivity index (χ4n) is 4.49. The van der Waals surface area contributed by atoms with Crippen LogP contribution in [0, 0.1) is 11.6 Å². The van der Waals surface area contributed by atoms with Gasteiger partial charge in [0.05, 0.1) is 22.8 Å². The van der Waals surface area contributed by atoms with Crippen molar-refractivity contribution >= 4 is 17.0 Å². The van der Waals surface area contributed by atoms with Crippen LogP contribution < -0.4 is 39.4 Å². The van der Waals surface area contributed by atoms with Gasteiger partial charge in [-0.05, 0) is 73.3 Å². The van der Waals surface area contributed by atoms with E-state index in [-0.39, 0.29) is 54.9 Å². The number of aliphatic hydroxyl groups excluding tert-OH is 2. The predicted molar refractivity (Wildman–Crippen MR) is 136 cm³/mol. The van der Waals surface area contributed by atoms with Crippen molar-refractivity contribution in [3.05, 3.63) is 65.9 Å². The molecule has 0 radical (unpaired) electrons. The van der Waals surface area contributed by atoms with Gasteiger partial charge in [0.25, 0.3) is 0 Å². The van der Waals surface area contributed by atoms with Gasteiger partial charge in [-0.3, -0.25) is 0 Å². The van der Waals surface area contributed by atoms with Crippen LogP contribution in [0.25, 0.3) is 22.4 Å². The molecular formula is C27H31F2N2NaO5S. The molecular weight excluding hydrogens is 525 g/mol. The summed E-state index contributed by atoms with van der Waals surface area (Å²) < 4.78 is 45.7. The van der Waals surface area contributed by atoms with Crippen LogP contribution in [0.2, 0.25) is 0 Å². The van der Waals surface area contributed by atoms with E-state index >= 15 is 0 Å². The molecule has 3 atom stereocenters. The second-order valence-electron chi connectivity index (χ2n) is 9.14. The van der Waals surface area contributed by atoms with Crippen molar-refractivity contribution in [3.63, 3.8) is 0 Å². The molecule has 0 spiro atoms. The van der Waals surface area contributed by atoms with Crippen molar-refractivity contribution in [1.29, 1.82) is 0 Å². The molecule has 0 saturated carbocycles. The number of carboxylic acid groups (broad SMARTS) is 1. The Morgan fingerprint density at radius 2 is 1.53 bits per heavy atom. The summed E-state index contributed by atoms with van der Waals surface area (Å²) in [5, 5.41) is 31.2. The van der Waals surface area contributed by atoms with Crippen LogP contribution in [-0.2, 0) is 22.3 Å². The van der Waals surface area contributed by atoms with Gasteiger partial charge < -0.3 is 24.7 Å². The first-order chi connectivity index (χ1) is 17.5. The molecule has 0 aliphatic rings. The largest absolute Gasteiger partial charge is 1.00 e. The molecule has 0 amide bonds.